The molecule has 0 bridgehead atoms. The van der Waals surface area contributed by atoms with Gasteiger partial charge in [0, 0.05) is 5.69 Å². The van der Waals surface area contributed by atoms with Gasteiger partial charge in [-0.3, -0.25) is 0 Å². The standard InChI is InChI=1S/C9H12N2/c1-6(2)9-7(3)8(4)10-5-11-9/h5H,1H2,2-4H3. The molecule has 0 aliphatic carbocycles. The Kier molecular flexibility index (Phi) is 2.03. The molecule has 1 heterocycles. The molecular formula is C9H12N2. The maximum absolute atomic E-state index is 4.13. The van der Waals surface area contributed by atoms with Crippen LogP contribution in [0, 0.1) is 13.8 Å². The number of aryl methyl sites for hydroxylation is 1. The van der Waals surface area contributed by atoms with Crippen LogP contribution in [0.5, 0.6) is 0 Å². The van der Waals surface area contributed by atoms with Crippen molar-refractivity contribution in [3.05, 3.63) is 29.9 Å². The summed E-state index contributed by atoms with van der Waals surface area (Å²) < 4.78 is 0. The molecule has 0 N–H and O–H groups in total. The third-order valence-corrected chi connectivity index (χ3v) is 1.74. The van der Waals surface area contributed by atoms with E-state index in [0.29, 0.717) is 0 Å². The number of aromatic nitrogens is 2. The molecule has 0 unspecified atom stereocenters. The zero-order chi connectivity index (χ0) is 8.43. The molecule has 11 heavy (non-hydrogen) atoms. The Morgan fingerprint density at radius 3 is 2.45 bits per heavy atom. The van der Waals surface area contributed by atoms with Crippen molar-refractivity contribution >= 4 is 5.57 Å². The molecule has 1 aromatic rings. The van der Waals surface area contributed by atoms with Gasteiger partial charge in [-0.15, -0.1) is 0 Å². The summed E-state index contributed by atoms with van der Waals surface area (Å²) in [5, 5.41) is 0. The second-order valence-corrected chi connectivity index (χ2v) is 2.71. The SMILES string of the molecule is C=C(C)c1ncnc(C)c1C. The molecule has 0 atom stereocenters. The fraction of sp³-hybridized carbons (Fsp3) is 0.333. The molecule has 1 rings (SSSR count). The second-order valence-electron chi connectivity index (χ2n) is 2.71. The summed E-state index contributed by atoms with van der Waals surface area (Å²) in [5.74, 6) is 0. The Labute approximate surface area is 67.0 Å². The lowest BCUT2D eigenvalue weighted by Crippen LogP contribution is -1.95. The van der Waals surface area contributed by atoms with Gasteiger partial charge in [0.15, 0.2) is 0 Å². The van der Waals surface area contributed by atoms with E-state index in [9.17, 15) is 0 Å². The highest BCUT2D eigenvalue weighted by Crippen LogP contribution is 2.14. The minimum Gasteiger partial charge on any atom is -0.241 e. The molecule has 2 nitrogen and oxygen atoms in total. The average Bonchev–Trinajstić information content (AvgIpc) is 1.94. The molecule has 0 saturated heterocycles. The summed E-state index contributed by atoms with van der Waals surface area (Å²) in [5.41, 5.74) is 4.11. The molecule has 0 radical (unpaired) electrons. The Bertz CT molecular complexity index is 290. The van der Waals surface area contributed by atoms with Crippen LogP contribution in [-0.2, 0) is 0 Å². The van der Waals surface area contributed by atoms with Crippen molar-refractivity contribution in [3.63, 3.8) is 0 Å². The Morgan fingerprint density at radius 2 is 2.00 bits per heavy atom. The Hall–Kier alpha value is -1.18. The van der Waals surface area contributed by atoms with E-state index in [-0.39, 0.29) is 0 Å². The largest absolute Gasteiger partial charge is 0.241 e. The second kappa shape index (κ2) is 2.82. The van der Waals surface area contributed by atoms with E-state index >= 15 is 0 Å². The highest BCUT2D eigenvalue weighted by atomic mass is 14.8. The van der Waals surface area contributed by atoms with Crippen molar-refractivity contribution in [1.29, 1.82) is 0 Å². The zero-order valence-electron chi connectivity index (χ0n) is 7.18. The lowest BCUT2D eigenvalue weighted by Gasteiger charge is -2.04. The van der Waals surface area contributed by atoms with Crippen LogP contribution in [0.3, 0.4) is 0 Å². The van der Waals surface area contributed by atoms with Crippen LogP contribution in [0.4, 0.5) is 0 Å². The topological polar surface area (TPSA) is 25.8 Å². The van der Waals surface area contributed by atoms with Crippen LogP contribution in [-0.4, -0.2) is 9.97 Å². The van der Waals surface area contributed by atoms with Gasteiger partial charge in [-0.2, -0.15) is 0 Å². The van der Waals surface area contributed by atoms with Gasteiger partial charge >= 0.3 is 0 Å². The quantitative estimate of drug-likeness (QED) is 0.609. The van der Waals surface area contributed by atoms with E-state index in [1.54, 1.807) is 6.33 Å². The molecule has 2 heteroatoms. The summed E-state index contributed by atoms with van der Waals surface area (Å²) in [6.45, 7) is 9.78. The van der Waals surface area contributed by atoms with Crippen molar-refractivity contribution in [2.75, 3.05) is 0 Å². The van der Waals surface area contributed by atoms with Crippen molar-refractivity contribution in [2.45, 2.75) is 20.8 Å². The first kappa shape index (κ1) is 7.92. The minimum absolute atomic E-state index is 0.970. The summed E-state index contributed by atoms with van der Waals surface area (Å²) in [4.78, 5) is 8.20. The molecule has 0 aliphatic rings. The van der Waals surface area contributed by atoms with E-state index < -0.39 is 0 Å². The number of hydrogen-bond acceptors (Lipinski definition) is 2. The van der Waals surface area contributed by atoms with Crippen LogP contribution in [0.25, 0.3) is 5.57 Å². The van der Waals surface area contributed by atoms with E-state index in [1.807, 2.05) is 20.8 Å². The number of rotatable bonds is 1. The first-order valence-corrected chi connectivity index (χ1v) is 3.57. The molecule has 0 aromatic carbocycles. The van der Waals surface area contributed by atoms with Crippen LogP contribution >= 0.6 is 0 Å². The van der Waals surface area contributed by atoms with Crippen LogP contribution < -0.4 is 0 Å². The zero-order valence-corrected chi connectivity index (χ0v) is 7.18. The van der Waals surface area contributed by atoms with Crippen molar-refractivity contribution in [2.24, 2.45) is 0 Å². The van der Waals surface area contributed by atoms with Gasteiger partial charge in [0.2, 0.25) is 0 Å². The lowest BCUT2D eigenvalue weighted by molar-refractivity contribution is 1.04. The number of hydrogen-bond donors (Lipinski definition) is 0. The molecule has 0 saturated carbocycles. The summed E-state index contributed by atoms with van der Waals surface area (Å²) in [6.07, 6.45) is 1.58. The van der Waals surface area contributed by atoms with Crippen LogP contribution in [0.15, 0.2) is 12.9 Å². The molecule has 0 fully saturated rings. The Balaban J connectivity index is 3.27. The highest BCUT2D eigenvalue weighted by Gasteiger charge is 2.02. The number of nitrogens with zero attached hydrogens (tertiary/aromatic N) is 2. The molecule has 1 aromatic heterocycles. The first-order chi connectivity index (χ1) is 5.13. The van der Waals surface area contributed by atoms with Gasteiger partial charge in [0.05, 0.1) is 5.69 Å². The fourth-order valence-corrected chi connectivity index (χ4v) is 0.968. The summed E-state index contributed by atoms with van der Waals surface area (Å²) in [6, 6.07) is 0. The predicted octanol–water partition coefficient (Wildman–Crippen LogP) is 2.13. The van der Waals surface area contributed by atoms with Gasteiger partial charge in [0.1, 0.15) is 6.33 Å². The molecule has 0 spiro atoms. The molecule has 0 amide bonds. The predicted molar refractivity (Wildman–Crippen MR) is 46.2 cm³/mol. The first-order valence-electron chi connectivity index (χ1n) is 3.57. The van der Waals surface area contributed by atoms with Gasteiger partial charge in [-0.05, 0) is 31.9 Å². The van der Waals surface area contributed by atoms with Crippen molar-refractivity contribution in [1.82, 2.24) is 9.97 Å². The average molecular weight is 148 g/mol. The van der Waals surface area contributed by atoms with Gasteiger partial charge in [0.25, 0.3) is 0 Å². The lowest BCUT2D eigenvalue weighted by atomic mass is 10.1. The Morgan fingerprint density at radius 1 is 1.36 bits per heavy atom. The third-order valence-electron chi connectivity index (χ3n) is 1.74. The number of allylic oxidation sites excluding steroid dienone is 1. The van der Waals surface area contributed by atoms with Gasteiger partial charge in [-0.25, -0.2) is 9.97 Å². The van der Waals surface area contributed by atoms with E-state index in [2.05, 4.69) is 16.5 Å². The van der Waals surface area contributed by atoms with E-state index in [1.165, 1.54) is 0 Å². The third kappa shape index (κ3) is 1.45. The minimum atomic E-state index is 0.970. The van der Waals surface area contributed by atoms with Gasteiger partial charge < -0.3 is 0 Å². The summed E-state index contributed by atoms with van der Waals surface area (Å²) >= 11 is 0. The smallest absolute Gasteiger partial charge is 0.116 e. The van der Waals surface area contributed by atoms with Crippen LogP contribution in [0.1, 0.15) is 23.9 Å². The van der Waals surface area contributed by atoms with E-state index in [4.69, 9.17) is 0 Å². The maximum Gasteiger partial charge on any atom is 0.116 e. The molecule has 58 valence electrons. The monoisotopic (exact) mass is 148 g/mol. The van der Waals surface area contributed by atoms with Crippen molar-refractivity contribution in [3.8, 4) is 0 Å². The van der Waals surface area contributed by atoms with Crippen molar-refractivity contribution < 1.29 is 0 Å². The normalized spacial score (nSPS) is 9.73. The fourth-order valence-electron chi connectivity index (χ4n) is 0.968. The molecular weight excluding hydrogens is 136 g/mol. The summed E-state index contributed by atoms with van der Waals surface area (Å²) in [7, 11) is 0. The van der Waals surface area contributed by atoms with E-state index in [0.717, 1.165) is 22.5 Å². The van der Waals surface area contributed by atoms with Crippen LogP contribution in [0.2, 0.25) is 0 Å². The molecule has 0 aliphatic heterocycles. The maximum atomic E-state index is 4.13. The van der Waals surface area contributed by atoms with Gasteiger partial charge in [-0.1, -0.05) is 6.58 Å². The highest BCUT2D eigenvalue weighted by molar-refractivity contribution is 5.60.